The van der Waals surface area contributed by atoms with Crippen LogP contribution < -0.4 is 14.8 Å². The molecule has 1 aliphatic heterocycles. The molecule has 2 aromatic carbocycles. The average molecular weight is 579 g/mol. The lowest BCUT2D eigenvalue weighted by Crippen LogP contribution is -2.25. The van der Waals surface area contributed by atoms with Crippen molar-refractivity contribution in [3.05, 3.63) is 87.8 Å². The first-order valence-electron chi connectivity index (χ1n) is 11.9. The molecule has 1 aliphatic rings. The van der Waals surface area contributed by atoms with Crippen molar-refractivity contribution in [2.45, 2.75) is 13.3 Å². The first-order chi connectivity index (χ1) is 18.8. The van der Waals surface area contributed by atoms with Crippen LogP contribution in [0.15, 0.2) is 48.8 Å². The molecule has 4 heterocycles. The van der Waals surface area contributed by atoms with Crippen molar-refractivity contribution in [3.63, 3.8) is 0 Å². The van der Waals surface area contributed by atoms with Crippen molar-refractivity contribution in [2.24, 2.45) is 0 Å². The van der Waals surface area contributed by atoms with Crippen LogP contribution in [0.3, 0.4) is 0 Å². The van der Waals surface area contributed by atoms with Crippen LogP contribution in [0.4, 0.5) is 11.5 Å². The van der Waals surface area contributed by atoms with Crippen molar-refractivity contribution in [1.29, 1.82) is 0 Å². The van der Waals surface area contributed by atoms with Gasteiger partial charge in [0.1, 0.15) is 22.3 Å². The zero-order chi connectivity index (χ0) is 27.3. The molecule has 12 heteroatoms. The van der Waals surface area contributed by atoms with E-state index >= 15 is 0 Å². The minimum absolute atomic E-state index is 0.0935. The molecule has 5 aromatic rings. The first kappa shape index (κ1) is 25.4. The van der Waals surface area contributed by atoms with E-state index < -0.39 is 11.4 Å². The summed E-state index contributed by atoms with van der Waals surface area (Å²) < 4.78 is 21.2. The molecule has 1 atom stereocenters. The van der Waals surface area contributed by atoms with Gasteiger partial charge in [0.05, 0.1) is 46.1 Å². The van der Waals surface area contributed by atoms with Gasteiger partial charge in [-0.2, -0.15) is 9.40 Å². The number of aryl methyl sites for hydroxylation is 1. The van der Waals surface area contributed by atoms with Gasteiger partial charge in [0.2, 0.25) is 11.7 Å². The maximum Gasteiger partial charge on any atom is 0.238 e. The lowest BCUT2D eigenvalue weighted by Gasteiger charge is -2.20. The maximum atomic E-state index is 13.4. The second kappa shape index (κ2) is 10.0. The monoisotopic (exact) mass is 578 g/mol. The summed E-state index contributed by atoms with van der Waals surface area (Å²) in [5, 5.41) is 5.69. The van der Waals surface area contributed by atoms with Gasteiger partial charge >= 0.3 is 0 Å². The van der Waals surface area contributed by atoms with E-state index in [0.29, 0.717) is 22.2 Å². The maximum absolute atomic E-state index is 13.4. The number of ether oxygens (including phenoxy) is 1. The minimum Gasteiger partial charge on any atom is -0.593 e. The van der Waals surface area contributed by atoms with Gasteiger partial charge < -0.3 is 20.0 Å². The van der Waals surface area contributed by atoms with Crippen LogP contribution in [0.5, 0.6) is 11.6 Å². The van der Waals surface area contributed by atoms with Gasteiger partial charge in [0, 0.05) is 29.6 Å². The van der Waals surface area contributed by atoms with Crippen LogP contribution in [0.1, 0.15) is 28.0 Å². The molecule has 0 amide bonds. The molecule has 1 fully saturated rings. The molecule has 1 unspecified atom stereocenters. The Kier molecular flexibility index (Phi) is 6.53. The largest absolute Gasteiger partial charge is 0.593 e. The summed E-state index contributed by atoms with van der Waals surface area (Å²) in [4.78, 5) is 20.7. The van der Waals surface area contributed by atoms with E-state index in [4.69, 9.17) is 33.7 Å². The number of nitrogen functional groups attached to an aromatic ring is 1. The lowest BCUT2D eigenvalue weighted by atomic mass is 10.1. The van der Waals surface area contributed by atoms with Crippen LogP contribution in [0.2, 0.25) is 10.0 Å². The molecule has 0 spiro atoms. The van der Waals surface area contributed by atoms with Crippen molar-refractivity contribution >= 4 is 62.8 Å². The van der Waals surface area contributed by atoms with E-state index in [0.717, 1.165) is 35.1 Å². The van der Waals surface area contributed by atoms with Crippen LogP contribution in [-0.2, 0) is 11.4 Å². The number of rotatable bonds is 6. The molecule has 3 aromatic heterocycles. The Morgan fingerprint density at radius 2 is 2.08 bits per heavy atom. The number of halogens is 2. The molecule has 196 valence electrons. The average Bonchev–Trinajstić information content (AvgIpc) is 3.63. The van der Waals surface area contributed by atoms with E-state index in [2.05, 4.69) is 27.2 Å². The number of ketones is 1. The third kappa shape index (κ3) is 4.64. The number of aromatic amines is 1. The third-order valence-electron chi connectivity index (χ3n) is 6.36. The fourth-order valence-electron chi connectivity index (χ4n) is 4.46. The summed E-state index contributed by atoms with van der Waals surface area (Å²) in [5.74, 6) is 0.869. The predicted molar refractivity (Wildman–Crippen MR) is 151 cm³/mol. The molecule has 6 rings (SSSR count). The summed E-state index contributed by atoms with van der Waals surface area (Å²) in [6.45, 7) is 2.71. The molecule has 1 saturated heterocycles. The van der Waals surface area contributed by atoms with Gasteiger partial charge in [0.15, 0.2) is 5.75 Å². The van der Waals surface area contributed by atoms with E-state index in [-0.39, 0.29) is 33.8 Å². The zero-order valence-electron chi connectivity index (χ0n) is 20.5. The molecular formula is C27H20Cl2N6O3S. The highest BCUT2D eigenvalue weighted by atomic mass is 35.5. The second-order valence-electron chi connectivity index (χ2n) is 8.92. The number of nitrogens with one attached hydrogen (secondary N) is 1. The molecule has 0 aliphatic carbocycles. The lowest BCUT2D eigenvalue weighted by molar-refractivity contribution is 0.103. The standard InChI is InChI=1S/C27H20Cl2N6O3S/c1-15-10-16-11-22(33-21(16)13-24(15)34-8-3-9-39(34)37)25(36)18-14-32-35(26(18)30)23-6-5-17(12-20(23)29)38-27-19(28)4-2-7-31-27/h2,4,7,10-14,33H,3,8-9,30H2,1H3. The Labute approximate surface area is 236 Å². The summed E-state index contributed by atoms with van der Waals surface area (Å²) in [7, 11) is 0. The molecule has 0 radical (unpaired) electrons. The summed E-state index contributed by atoms with van der Waals surface area (Å²) in [6, 6.07) is 16.2. The molecule has 39 heavy (non-hydrogen) atoms. The quantitative estimate of drug-likeness (QED) is 0.203. The summed E-state index contributed by atoms with van der Waals surface area (Å²) >= 11 is 11.5. The van der Waals surface area contributed by atoms with Crippen molar-refractivity contribution in [2.75, 3.05) is 22.3 Å². The zero-order valence-corrected chi connectivity index (χ0v) is 22.8. The highest BCUT2D eigenvalue weighted by Crippen LogP contribution is 2.33. The number of anilines is 2. The molecule has 0 bridgehead atoms. The molecule has 9 nitrogen and oxygen atoms in total. The van der Waals surface area contributed by atoms with E-state index in [9.17, 15) is 9.35 Å². The Hall–Kier alpha value is -3.88. The number of nitrogens with zero attached hydrogens (tertiary/aromatic N) is 4. The number of fused-ring (bicyclic) bond motifs is 1. The molecule has 3 N–H and O–H groups in total. The van der Waals surface area contributed by atoms with Crippen LogP contribution in [0, 0.1) is 19.1 Å². The topological polar surface area (TPSA) is 125 Å². The number of H-pyrrole nitrogens is 1. The Morgan fingerprint density at radius 1 is 1.23 bits per heavy atom. The number of nitrogens with two attached hydrogens (primary N) is 1. The molecular weight excluding hydrogens is 559 g/mol. The van der Waals surface area contributed by atoms with Crippen molar-refractivity contribution in [3.8, 4) is 17.3 Å². The summed E-state index contributed by atoms with van der Waals surface area (Å²) in [6.07, 6.45) is 3.82. The third-order valence-corrected chi connectivity index (χ3v) is 8.44. The number of hydrogen-bond acceptors (Lipinski definition) is 7. The van der Waals surface area contributed by atoms with Crippen molar-refractivity contribution < 1.29 is 14.1 Å². The van der Waals surface area contributed by atoms with E-state index in [1.165, 1.54) is 16.9 Å². The number of aromatic nitrogens is 4. The van der Waals surface area contributed by atoms with Gasteiger partial charge in [-0.1, -0.05) is 23.2 Å². The van der Waals surface area contributed by atoms with E-state index in [1.54, 1.807) is 24.4 Å². The van der Waals surface area contributed by atoms with Crippen molar-refractivity contribution in [1.82, 2.24) is 19.7 Å². The fourth-order valence-corrected chi connectivity index (χ4v) is 6.20. The summed E-state index contributed by atoms with van der Waals surface area (Å²) in [5.41, 5.74) is 9.84. The fraction of sp³-hybridized carbons (Fsp3) is 0.148. The number of carbonyl (C=O) groups excluding carboxylic acids is 1. The SMILES string of the molecule is Cc1cc2cc(C(=O)c3cnn(-c4c#cc(Oc5ncccc5Cl)cc4Cl)c3N)[nH]c2cc1N1CCC[S+]1[O-]. The number of benzene rings is 1. The van der Waals surface area contributed by atoms with Crippen LogP contribution in [0.25, 0.3) is 16.6 Å². The first-order valence-corrected chi connectivity index (χ1v) is 13.9. The predicted octanol–water partition coefficient (Wildman–Crippen LogP) is 5.44. The highest BCUT2D eigenvalue weighted by molar-refractivity contribution is 7.93. The Bertz CT molecular complexity index is 1740. The second-order valence-corrected chi connectivity index (χ2v) is 11.2. The van der Waals surface area contributed by atoms with Gasteiger partial charge in [-0.05, 0) is 55.0 Å². The van der Waals surface area contributed by atoms with Crippen LogP contribution in [-0.4, -0.2) is 42.4 Å². The minimum atomic E-state index is -1.04. The van der Waals surface area contributed by atoms with Gasteiger partial charge in [0.25, 0.3) is 0 Å². The highest BCUT2D eigenvalue weighted by Gasteiger charge is 2.29. The smallest absolute Gasteiger partial charge is 0.238 e. The van der Waals surface area contributed by atoms with Gasteiger partial charge in [-0.3, -0.25) is 4.79 Å². The number of pyridine rings is 1. The Balaban J connectivity index is 1.28. The van der Waals surface area contributed by atoms with Gasteiger partial charge in [-0.15, -0.1) is 0 Å². The number of carbonyl (C=O) groups is 1. The molecule has 0 saturated carbocycles. The number of hydrogen-bond donors (Lipinski definition) is 2. The van der Waals surface area contributed by atoms with Crippen LogP contribution >= 0.6 is 23.2 Å². The Morgan fingerprint density at radius 3 is 2.82 bits per heavy atom. The van der Waals surface area contributed by atoms with E-state index in [1.807, 2.05) is 23.4 Å². The van der Waals surface area contributed by atoms with Gasteiger partial charge in [-0.25, -0.2) is 9.67 Å². The normalized spacial score (nSPS) is 15.1.